The summed E-state index contributed by atoms with van der Waals surface area (Å²) in [6.07, 6.45) is 5.67. The third-order valence-corrected chi connectivity index (χ3v) is 5.76. The Morgan fingerprint density at radius 3 is 2.96 bits per heavy atom. The van der Waals surface area contributed by atoms with E-state index >= 15 is 0 Å². The molecule has 0 radical (unpaired) electrons. The number of ether oxygens (including phenoxy) is 2. The first-order valence-electron chi connectivity index (χ1n) is 9.67. The lowest BCUT2D eigenvalue weighted by Crippen LogP contribution is -2.42. The molecule has 0 bridgehead atoms. The minimum absolute atomic E-state index is 0.00635. The molecule has 2 aliphatic heterocycles. The number of likely N-dealkylation sites (tertiary alicyclic amines) is 2. The molecule has 3 rings (SSSR count). The van der Waals surface area contributed by atoms with Gasteiger partial charge in [-0.05, 0) is 37.9 Å². The van der Waals surface area contributed by atoms with Crippen molar-refractivity contribution < 1.29 is 14.3 Å². The fraction of sp³-hybridized carbons (Fsp3) is 0.700. The molecule has 0 N–H and O–H groups in total. The summed E-state index contributed by atoms with van der Waals surface area (Å²) in [5.74, 6) is 0.297. The van der Waals surface area contributed by atoms with Gasteiger partial charge in [0.15, 0.2) is 0 Å². The lowest BCUT2D eigenvalue weighted by molar-refractivity contribution is -0.157. The highest BCUT2D eigenvalue weighted by Gasteiger charge is 2.53. The molecule has 0 amide bonds. The van der Waals surface area contributed by atoms with E-state index in [2.05, 4.69) is 20.9 Å². The van der Waals surface area contributed by atoms with E-state index in [1.165, 1.54) is 5.56 Å². The van der Waals surface area contributed by atoms with Crippen molar-refractivity contribution in [1.29, 1.82) is 0 Å². The lowest BCUT2D eigenvalue weighted by atomic mass is 9.75. The van der Waals surface area contributed by atoms with Crippen LogP contribution in [0.2, 0.25) is 0 Å². The summed E-state index contributed by atoms with van der Waals surface area (Å²) in [7, 11) is 1.73. The molecular weight excluding hydrogens is 330 g/mol. The molecular formula is C20H31N3O3. The maximum atomic E-state index is 12.9. The molecule has 0 aromatic carbocycles. The van der Waals surface area contributed by atoms with Crippen LogP contribution in [-0.2, 0) is 20.8 Å². The summed E-state index contributed by atoms with van der Waals surface area (Å²) in [6, 6.07) is 4.11. The molecule has 0 aliphatic carbocycles. The molecule has 6 heteroatoms. The Balaban J connectivity index is 1.74. The Kier molecular flexibility index (Phi) is 6.62. The second kappa shape index (κ2) is 8.93. The lowest BCUT2D eigenvalue weighted by Gasteiger charge is -2.31. The van der Waals surface area contributed by atoms with Gasteiger partial charge in [-0.2, -0.15) is 0 Å². The van der Waals surface area contributed by atoms with Crippen LogP contribution >= 0.6 is 0 Å². The van der Waals surface area contributed by atoms with Crippen LogP contribution in [0, 0.1) is 11.3 Å². The molecule has 26 heavy (non-hydrogen) atoms. The van der Waals surface area contributed by atoms with Crippen molar-refractivity contribution in [2.45, 2.75) is 26.3 Å². The predicted octanol–water partition coefficient (Wildman–Crippen LogP) is 1.81. The van der Waals surface area contributed by atoms with Crippen molar-refractivity contribution in [3.05, 3.63) is 30.1 Å². The average Bonchev–Trinajstić information content (AvgIpc) is 2.90. The van der Waals surface area contributed by atoms with Crippen molar-refractivity contribution in [3.8, 4) is 0 Å². The van der Waals surface area contributed by atoms with Gasteiger partial charge < -0.3 is 9.47 Å². The molecule has 0 spiro atoms. The first kappa shape index (κ1) is 19.3. The number of methoxy groups -OCH3 is 1. The zero-order valence-electron chi connectivity index (χ0n) is 16.0. The van der Waals surface area contributed by atoms with E-state index in [1.807, 2.05) is 25.4 Å². The number of esters is 1. The first-order valence-corrected chi connectivity index (χ1v) is 9.67. The van der Waals surface area contributed by atoms with Gasteiger partial charge in [0.25, 0.3) is 0 Å². The highest BCUT2D eigenvalue weighted by Crippen LogP contribution is 2.43. The Morgan fingerprint density at radius 2 is 2.23 bits per heavy atom. The molecule has 2 atom stereocenters. The smallest absolute Gasteiger partial charge is 0.313 e. The third-order valence-electron chi connectivity index (χ3n) is 5.76. The van der Waals surface area contributed by atoms with Gasteiger partial charge in [0.05, 0.1) is 18.6 Å². The van der Waals surface area contributed by atoms with Gasteiger partial charge in [-0.15, -0.1) is 0 Å². The van der Waals surface area contributed by atoms with Crippen molar-refractivity contribution in [1.82, 2.24) is 14.8 Å². The largest absolute Gasteiger partial charge is 0.466 e. The summed E-state index contributed by atoms with van der Waals surface area (Å²) in [5, 5.41) is 0. The number of aromatic nitrogens is 1. The molecule has 144 valence electrons. The highest BCUT2D eigenvalue weighted by atomic mass is 16.5. The summed E-state index contributed by atoms with van der Waals surface area (Å²) in [4.78, 5) is 22.0. The van der Waals surface area contributed by atoms with Gasteiger partial charge in [0.2, 0.25) is 0 Å². The van der Waals surface area contributed by atoms with Crippen LogP contribution in [0.5, 0.6) is 0 Å². The topological polar surface area (TPSA) is 54.9 Å². The van der Waals surface area contributed by atoms with E-state index in [0.29, 0.717) is 19.1 Å². The highest BCUT2D eigenvalue weighted by molar-refractivity contribution is 5.78. The SMILES string of the molecule is CCOC(=O)[C@]12CCCN(Cc3cccnc3)C[C@H]1CN(CCOC)C2. The van der Waals surface area contributed by atoms with Crippen LogP contribution in [0.25, 0.3) is 0 Å². The van der Waals surface area contributed by atoms with Crippen molar-refractivity contribution in [3.63, 3.8) is 0 Å². The van der Waals surface area contributed by atoms with Crippen LogP contribution in [0.15, 0.2) is 24.5 Å². The summed E-state index contributed by atoms with van der Waals surface area (Å²) in [5.41, 5.74) is 0.860. The van der Waals surface area contributed by atoms with E-state index in [4.69, 9.17) is 9.47 Å². The molecule has 3 heterocycles. The zero-order valence-corrected chi connectivity index (χ0v) is 16.0. The van der Waals surface area contributed by atoms with Crippen LogP contribution in [0.4, 0.5) is 0 Å². The molecule has 2 aliphatic rings. The Hall–Kier alpha value is -1.50. The van der Waals surface area contributed by atoms with Gasteiger partial charge in [0, 0.05) is 58.1 Å². The Labute approximate surface area is 156 Å². The second-order valence-electron chi connectivity index (χ2n) is 7.50. The number of carbonyl (C=O) groups is 1. The molecule has 1 aromatic rings. The fourth-order valence-corrected chi connectivity index (χ4v) is 4.51. The third kappa shape index (κ3) is 4.24. The normalized spacial score (nSPS) is 27.1. The fourth-order valence-electron chi connectivity index (χ4n) is 4.51. The number of carbonyl (C=O) groups excluding carboxylic acids is 1. The van der Waals surface area contributed by atoms with E-state index in [0.717, 1.165) is 52.1 Å². The minimum atomic E-state index is -0.368. The molecule has 0 saturated carbocycles. The molecule has 1 aromatic heterocycles. The van der Waals surface area contributed by atoms with E-state index < -0.39 is 0 Å². The van der Waals surface area contributed by atoms with Gasteiger partial charge in [-0.1, -0.05) is 6.07 Å². The predicted molar refractivity (Wildman–Crippen MR) is 99.6 cm³/mol. The summed E-state index contributed by atoms with van der Waals surface area (Å²) < 4.78 is 10.8. The first-order chi connectivity index (χ1) is 12.7. The van der Waals surface area contributed by atoms with Gasteiger partial charge >= 0.3 is 5.97 Å². The van der Waals surface area contributed by atoms with E-state index in [9.17, 15) is 4.79 Å². The summed E-state index contributed by atoms with van der Waals surface area (Å²) >= 11 is 0. The van der Waals surface area contributed by atoms with Gasteiger partial charge in [-0.25, -0.2) is 0 Å². The zero-order chi connectivity index (χ0) is 18.4. The second-order valence-corrected chi connectivity index (χ2v) is 7.50. The van der Waals surface area contributed by atoms with Crippen LogP contribution in [0.1, 0.15) is 25.3 Å². The van der Waals surface area contributed by atoms with Gasteiger partial charge in [-0.3, -0.25) is 19.6 Å². The van der Waals surface area contributed by atoms with Crippen LogP contribution in [-0.4, -0.2) is 73.8 Å². The average molecular weight is 361 g/mol. The van der Waals surface area contributed by atoms with Gasteiger partial charge in [0.1, 0.15) is 0 Å². The minimum Gasteiger partial charge on any atom is -0.466 e. The quantitative estimate of drug-likeness (QED) is 0.691. The standard InChI is InChI=1S/C20H31N3O3/c1-3-26-19(24)20-7-5-9-22(13-17-6-4-8-21-12-17)14-18(20)15-23(16-20)10-11-25-2/h4,6,8,12,18H,3,5,7,9-11,13-16H2,1-2H3/t18-,20-/m0/s1. The van der Waals surface area contributed by atoms with Crippen molar-refractivity contribution in [2.75, 3.05) is 53.0 Å². The maximum absolute atomic E-state index is 12.9. The number of nitrogens with zero attached hydrogens (tertiary/aromatic N) is 3. The number of pyridine rings is 1. The van der Waals surface area contributed by atoms with Crippen LogP contribution in [0.3, 0.4) is 0 Å². The number of hydrogen-bond acceptors (Lipinski definition) is 6. The number of fused-ring (bicyclic) bond motifs is 1. The van der Waals surface area contributed by atoms with E-state index in [1.54, 1.807) is 7.11 Å². The Morgan fingerprint density at radius 1 is 1.38 bits per heavy atom. The monoisotopic (exact) mass is 361 g/mol. The molecule has 6 nitrogen and oxygen atoms in total. The molecule has 0 unspecified atom stereocenters. The molecule has 2 fully saturated rings. The van der Waals surface area contributed by atoms with Crippen molar-refractivity contribution >= 4 is 5.97 Å². The maximum Gasteiger partial charge on any atom is 0.313 e. The Bertz CT molecular complexity index is 583. The van der Waals surface area contributed by atoms with E-state index in [-0.39, 0.29) is 11.4 Å². The van der Waals surface area contributed by atoms with Crippen LogP contribution < -0.4 is 0 Å². The summed E-state index contributed by atoms with van der Waals surface area (Å²) in [6.45, 7) is 8.48. The molecule has 2 saturated heterocycles. The number of hydrogen-bond donors (Lipinski definition) is 0. The van der Waals surface area contributed by atoms with Crippen molar-refractivity contribution in [2.24, 2.45) is 11.3 Å². The number of rotatable bonds is 7.